The van der Waals surface area contributed by atoms with E-state index in [0.29, 0.717) is 0 Å². The van der Waals surface area contributed by atoms with Gasteiger partial charge < -0.3 is 19.9 Å². The molecule has 6 heteroatoms. The highest BCUT2D eigenvalue weighted by Gasteiger charge is 2.50. The summed E-state index contributed by atoms with van der Waals surface area (Å²) in [5.74, 6) is -1.01. The van der Waals surface area contributed by atoms with Crippen LogP contribution in [0.15, 0.2) is 12.7 Å². The van der Waals surface area contributed by atoms with Crippen LogP contribution in [0.25, 0.3) is 0 Å². The summed E-state index contributed by atoms with van der Waals surface area (Å²) in [6.07, 6.45) is 14.9. The lowest BCUT2D eigenvalue weighted by molar-refractivity contribution is -0.148. The Bertz CT molecular complexity index is 565. The van der Waals surface area contributed by atoms with Gasteiger partial charge in [0.2, 0.25) is 0 Å². The average Bonchev–Trinajstić information content (AvgIpc) is 3.59. The molecule has 33 heavy (non-hydrogen) atoms. The third-order valence-corrected chi connectivity index (χ3v) is 6.57. The molecule has 6 nitrogen and oxygen atoms in total. The van der Waals surface area contributed by atoms with Gasteiger partial charge in [0, 0.05) is 5.92 Å². The summed E-state index contributed by atoms with van der Waals surface area (Å²) < 4.78 is 10.7. The quantitative estimate of drug-likeness (QED) is 0.109. The Morgan fingerprint density at radius 2 is 1.55 bits per heavy atom. The topological polar surface area (TPSA) is 88.2 Å². The van der Waals surface area contributed by atoms with E-state index >= 15 is 0 Å². The van der Waals surface area contributed by atoms with Gasteiger partial charge in [-0.15, -0.1) is 0 Å². The van der Waals surface area contributed by atoms with Crippen LogP contribution in [0.1, 0.15) is 105 Å². The molecule has 1 aliphatic heterocycles. The second kappa shape index (κ2) is 17.1. The van der Waals surface area contributed by atoms with E-state index in [4.69, 9.17) is 9.47 Å². The van der Waals surface area contributed by atoms with Crippen molar-refractivity contribution in [1.82, 2.24) is 5.32 Å². The zero-order valence-electron chi connectivity index (χ0n) is 21.5. The molecular weight excluding hydrogens is 418 g/mol. The Labute approximate surface area is 201 Å². The van der Waals surface area contributed by atoms with Gasteiger partial charge in [-0.25, -0.2) is 4.79 Å². The molecule has 1 amide bonds. The molecule has 192 valence electrons. The smallest absolute Gasteiger partial charge is 0.329 e. The number of carbonyl (C=O) groups is 2. The van der Waals surface area contributed by atoms with E-state index in [1.165, 1.54) is 63.9 Å². The fourth-order valence-electron chi connectivity index (χ4n) is 4.20. The number of rotatable bonds is 20. The predicted molar refractivity (Wildman–Crippen MR) is 133 cm³/mol. The monoisotopic (exact) mass is 467 g/mol. The number of ether oxygens (including phenoxy) is 2. The molecule has 0 spiro atoms. The Kier molecular flexibility index (Phi) is 15.4. The van der Waals surface area contributed by atoms with Crippen LogP contribution >= 0.6 is 0 Å². The van der Waals surface area contributed by atoms with Crippen LogP contribution < -0.4 is 5.32 Å². The minimum atomic E-state index is -0.723. The van der Waals surface area contributed by atoms with E-state index in [0.717, 1.165) is 19.3 Å². The van der Waals surface area contributed by atoms with E-state index in [2.05, 4.69) is 18.8 Å². The summed E-state index contributed by atoms with van der Waals surface area (Å²) in [4.78, 5) is 24.7. The summed E-state index contributed by atoms with van der Waals surface area (Å²) in [6.45, 7) is 11.5. The number of carbonyl (C=O) groups excluding carboxylic acids is 2. The van der Waals surface area contributed by atoms with Gasteiger partial charge in [-0.2, -0.15) is 0 Å². The number of epoxide rings is 1. The van der Waals surface area contributed by atoms with Crippen molar-refractivity contribution in [2.24, 2.45) is 11.8 Å². The van der Waals surface area contributed by atoms with Crippen molar-refractivity contribution in [2.75, 3.05) is 6.61 Å². The van der Waals surface area contributed by atoms with Crippen LogP contribution in [0.2, 0.25) is 0 Å². The lowest BCUT2D eigenvalue weighted by Crippen LogP contribution is -2.47. The van der Waals surface area contributed by atoms with Gasteiger partial charge >= 0.3 is 5.97 Å². The van der Waals surface area contributed by atoms with E-state index in [-0.39, 0.29) is 30.5 Å². The fraction of sp³-hybridized carbons (Fsp3) is 0.852. The highest BCUT2D eigenvalue weighted by Crippen LogP contribution is 2.33. The van der Waals surface area contributed by atoms with Crippen molar-refractivity contribution >= 4 is 11.9 Å². The number of esters is 1. The molecule has 1 fully saturated rings. The number of unbranched alkanes of at least 4 members (excludes halogenated alkanes) is 10. The first-order chi connectivity index (χ1) is 15.8. The Morgan fingerprint density at radius 1 is 1.00 bits per heavy atom. The standard InChI is InChI=1S/C27H49NO5/c1-6-8-9-10-11-12-13-14-15-16-17-18-22(29)21(5)24-25(33-24)26(30)28-23(20(3)4)27(31)32-19-7-2/h7,20-25,29H,2,6,8-19H2,1,3-5H3,(H,28,30)/t21-,22+,23-,24+,25-/m0/s1. The molecule has 1 aliphatic rings. The third-order valence-electron chi connectivity index (χ3n) is 6.57. The minimum absolute atomic E-state index is 0.104. The van der Waals surface area contributed by atoms with Crippen molar-refractivity contribution in [1.29, 1.82) is 0 Å². The van der Waals surface area contributed by atoms with Crippen LogP contribution in [0.4, 0.5) is 0 Å². The Hall–Kier alpha value is -1.40. The molecule has 1 rings (SSSR count). The summed E-state index contributed by atoms with van der Waals surface area (Å²) >= 11 is 0. The lowest BCUT2D eigenvalue weighted by atomic mass is 9.93. The van der Waals surface area contributed by atoms with Crippen molar-refractivity contribution in [3.63, 3.8) is 0 Å². The molecule has 0 saturated carbocycles. The molecule has 1 heterocycles. The summed E-state index contributed by atoms with van der Waals surface area (Å²) in [5.41, 5.74) is 0. The third kappa shape index (κ3) is 12.0. The van der Waals surface area contributed by atoms with Crippen LogP contribution in [-0.4, -0.2) is 47.9 Å². The van der Waals surface area contributed by atoms with Gasteiger partial charge in [0.1, 0.15) is 12.6 Å². The first-order valence-electron chi connectivity index (χ1n) is 13.2. The van der Waals surface area contributed by atoms with Gasteiger partial charge in [-0.3, -0.25) is 4.79 Å². The maximum absolute atomic E-state index is 12.5. The number of aliphatic hydroxyl groups excluding tert-OH is 1. The van der Waals surface area contributed by atoms with Crippen LogP contribution in [0, 0.1) is 11.8 Å². The SMILES string of the molecule is C=CCOC(=O)[C@@H](NC(=O)[C@H]1O[C@@H]1[C@@H](C)[C@H](O)CCCCCCCCCCCCC)C(C)C. The first kappa shape index (κ1) is 29.6. The molecule has 0 aliphatic carbocycles. The molecule has 0 aromatic heterocycles. The van der Waals surface area contributed by atoms with E-state index in [1.807, 2.05) is 20.8 Å². The normalized spacial score (nSPS) is 20.2. The van der Waals surface area contributed by atoms with Crippen LogP contribution in [0.3, 0.4) is 0 Å². The summed E-state index contributed by atoms with van der Waals surface area (Å²) in [7, 11) is 0. The van der Waals surface area contributed by atoms with Crippen LogP contribution in [0.5, 0.6) is 0 Å². The van der Waals surface area contributed by atoms with Gasteiger partial charge in [-0.05, 0) is 12.3 Å². The van der Waals surface area contributed by atoms with Crippen molar-refractivity contribution < 1.29 is 24.2 Å². The van der Waals surface area contributed by atoms with Crippen LogP contribution in [-0.2, 0) is 19.1 Å². The largest absolute Gasteiger partial charge is 0.460 e. The molecule has 1 saturated heterocycles. The number of hydrogen-bond acceptors (Lipinski definition) is 5. The molecule has 0 unspecified atom stereocenters. The minimum Gasteiger partial charge on any atom is -0.460 e. The lowest BCUT2D eigenvalue weighted by Gasteiger charge is -2.20. The number of amides is 1. The molecule has 0 bridgehead atoms. The maximum atomic E-state index is 12.5. The van der Waals surface area contributed by atoms with Gasteiger partial charge in [-0.1, -0.05) is 111 Å². The second-order valence-corrected chi connectivity index (χ2v) is 9.92. The van der Waals surface area contributed by atoms with Crippen molar-refractivity contribution in [3.8, 4) is 0 Å². The predicted octanol–water partition coefficient (Wildman–Crippen LogP) is 5.32. The number of aliphatic hydroxyl groups is 1. The van der Waals surface area contributed by atoms with Crippen molar-refractivity contribution in [3.05, 3.63) is 12.7 Å². The molecule has 2 N–H and O–H groups in total. The summed E-state index contributed by atoms with van der Waals surface area (Å²) in [5, 5.41) is 13.3. The molecule has 5 atom stereocenters. The zero-order valence-corrected chi connectivity index (χ0v) is 21.5. The zero-order chi connectivity index (χ0) is 24.6. The molecule has 0 aromatic rings. The van der Waals surface area contributed by atoms with Crippen molar-refractivity contribution in [2.45, 2.75) is 129 Å². The molecule has 0 radical (unpaired) electrons. The van der Waals surface area contributed by atoms with E-state index in [9.17, 15) is 14.7 Å². The summed E-state index contributed by atoms with van der Waals surface area (Å²) in [6, 6.07) is -0.723. The van der Waals surface area contributed by atoms with Gasteiger partial charge in [0.15, 0.2) is 6.10 Å². The molecular formula is C27H49NO5. The Balaban J connectivity index is 2.20. The number of nitrogens with one attached hydrogen (secondary N) is 1. The van der Waals surface area contributed by atoms with E-state index < -0.39 is 24.2 Å². The maximum Gasteiger partial charge on any atom is 0.329 e. The van der Waals surface area contributed by atoms with E-state index in [1.54, 1.807) is 0 Å². The number of hydrogen-bond donors (Lipinski definition) is 2. The first-order valence-corrected chi connectivity index (χ1v) is 13.2. The van der Waals surface area contributed by atoms with Gasteiger partial charge in [0.05, 0.1) is 12.2 Å². The van der Waals surface area contributed by atoms with Gasteiger partial charge in [0.25, 0.3) is 5.91 Å². The fourth-order valence-corrected chi connectivity index (χ4v) is 4.20. The highest BCUT2D eigenvalue weighted by molar-refractivity contribution is 5.89. The second-order valence-electron chi connectivity index (χ2n) is 9.92. The highest BCUT2D eigenvalue weighted by atomic mass is 16.6. The molecule has 0 aromatic carbocycles. The average molecular weight is 468 g/mol. The Morgan fingerprint density at radius 3 is 2.06 bits per heavy atom.